The van der Waals surface area contributed by atoms with Crippen LogP contribution in [0.1, 0.15) is 78.4 Å². The molecule has 2 aromatic rings. The number of carbonyl (C=O) groups is 4. The lowest BCUT2D eigenvalue weighted by molar-refractivity contribution is -0.162. The second kappa shape index (κ2) is 34.7. The smallest absolute Gasteiger partial charge is 0.323 e. The number of nitrogens with one attached hydrogen (secondary N) is 5. The predicted molar refractivity (Wildman–Crippen MR) is 256 cm³/mol. The number of alkyl halides is 4. The lowest BCUT2D eigenvalue weighted by atomic mass is 10.1. The number of ether oxygens (including phenoxy) is 4. The summed E-state index contributed by atoms with van der Waals surface area (Å²) < 4.78 is 20.6. The van der Waals surface area contributed by atoms with E-state index < -0.39 is 26.4 Å². The molecule has 0 bridgehead atoms. The number of nitrogens with zero attached hydrogens (tertiary/aromatic N) is 1. The van der Waals surface area contributed by atoms with Crippen LogP contribution in [0.2, 0.25) is 0 Å². The van der Waals surface area contributed by atoms with Gasteiger partial charge in [0.15, 0.2) is 4.30 Å². The summed E-state index contributed by atoms with van der Waals surface area (Å²) in [4.78, 5) is 50.1. The van der Waals surface area contributed by atoms with Crippen LogP contribution in [0.5, 0.6) is 0 Å². The summed E-state index contributed by atoms with van der Waals surface area (Å²) >= 11 is 17.7. The number of carbonyl (C=O) groups excluding carboxylic acids is 4. The first kappa shape index (κ1) is 58.4. The Kier molecular flexibility index (Phi) is 32.2. The molecular formula is C45H72BrCl3N6O8. The number of benzene rings is 2. The molecule has 2 unspecified atom stereocenters. The van der Waals surface area contributed by atoms with Crippen molar-refractivity contribution in [2.45, 2.75) is 107 Å². The zero-order valence-corrected chi connectivity index (χ0v) is 41.8. The fourth-order valence-corrected chi connectivity index (χ4v) is 5.95. The molecule has 0 spiro atoms. The van der Waals surface area contributed by atoms with E-state index in [1.54, 1.807) is 20.8 Å². The fourth-order valence-electron chi connectivity index (χ4n) is 5.62. The molecule has 0 amide bonds. The molecule has 2 fully saturated rings. The normalized spacial score (nSPS) is 16.2. The molecule has 2 aliphatic rings. The molecule has 2 aromatic carbocycles. The third-order valence-corrected chi connectivity index (χ3v) is 9.39. The van der Waals surface area contributed by atoms with Crippen molar-refractivity contribution in [3.8, 4) is 0 Å². The van der Waals surface area contributed by atoms with Gasteiger partial charge in [0.25, 0.3) is 0 Å². The monoisotopic (exact) mass is 1010 g/mol. The molecular weight excluding hydrogens is 939 g/mol. The zero-order chi connectivity index (χ0) is 46.9. The fraction of sp³-hybridized carbons (Fsp3) is 0.644. The van der Waals surface area contributed by atoms with Gasteiger partial charge in [-0.3, -0.25) is 24.1 Å². The van der Waals surface area contributed by atoms with Gasteiger partial charge in [0.1, 0.15) is 35.3 Å². The maximum Gasteiger partial charge on any atom is 0.323 e. The van der Waals surface area contributed by atoms with E-state index in [-0.39, 0.29) is 49.9 Å². The highest BCUT2D eigenvalue weighted by Gasteiger charge is 2.31. The SMILES string of the molecule is C1CNCCNCCN1.CC(C)(C)OC(=O)C(Br)CCC(=O)OCc1ccccc1.CC(C)(C)OC(=O)C(CCC(=O)OCc1ccccc1)N1CCNCCNCC1.ClC(Cl)Cl. The molecule has 2 aliphatic heterocycles. The molecule has 5 N–H and O–H groups in total. The number of hydrogen-bond acceptors (Lipinski definition) is 14. The van der Waals surface area contributed by atoms with Crippen molar-refractivity contribution in [2.24, 2.45) is 0 Å². The van der Waals surface area contributed by atoms with E-state index >= 15 is 0 Å². The van der Waals surface area contributed by atoms with E-state index in [1.807, 2.05) is 81.4 Å². The van der Waals surface area contributed by atoms with Gasteiger partial charge in [-0.05, 0) is 65.5 Å². The summed E-state index contributed by atoms with van der Waals surface area (Å²) in [5.74, 6) is -1.28. The summed E-state index contributed by atoms with van der Waals surface area (Å²) in [6.07, 6.45) is 1.07. The van der Waals surface area contributed by atoms with Crippen LogP contribution in [0.25, 0.3) is 0 Å². The molecule has 4 rings (SSSR count). The van der Waals surface area contributed by atoms with Gasteiger partial charge >= 0.3 is 23.9 Å². The molecule has 0 radical (unpaired) electrons. The van der Waals surface area contributed by atoms with Crippen LogP contribution in [-0.2, 0) is 51.3 Å². The predicted octanol–water partition coefficient (Wildman–Crippen LogP) is 6.09. The summed E-state index contributed by atoms with van der Waals surface area (Å²) in [6, 6.07) is 18.6. The van der Waals surface area contributed by atoms with Gasteiger partial charge in [-0.1, -0.05) is 111 Å². The van der Waals surface area contributed by atoms with Crippen molar-refractivity contribution >= 4 is 74.6 Å². The summed E-state index contributed by atoms with van der Waals surface area (Å²) in [5, 5.41) is 16.6. The maximum atomic E-state index is 12.9. The van der Waals surface area contributed by atoms with E-state index in [2.05, 4.69) is 47.4 Å². The highest BCUT2D eigenvalue weighted by Crippen LogP contribution is 2.18. The first-order valence-electron chi connectivity index (χ1n) is 21.5. The van der Waals surface area contributed by atoms with Crippen LogP contribution >= 0.6 is 50.7 Å². The van der Waals surface area contributed by atoms with Crippen molar-refractivity contribution in [1.29, 1.82) is 0 Å². The average molecular weight is 1010 g/mol. The highest BCUT2D eigenvalue weighted by atomic mass is 79.9. The van der Waals surface area contributed by atoms with Crippen molar-refractivity contribution in [1.82, 2.24) is 31.5 Å². The molecule has 63 heavy (non-hydrogen) atoms. The molecule has 2 heterocycles. The van der Waals surface area contributed by atoms with Crippen LogP contribution in [0.15, 0.2) is 60.7 Å². The Morgan fingerprint density at radius 2 is 0.905 bits per heavy atom. The minimum atomic E-state index is -0.750. The first-order valence-corrected chi connectivity index (χ1v) is 23.8. The average Bonchev–Trinajstić information content (AvgIpc) is 3.47. The van der Waals surface area contributed by atoms with Gasteiger partial charge in [0.05, 0.1) is 0 Å². The van der Waals surface area contributed by atoms with Crippen LogP contribution in [-0.4, -0.2) is 134 Å². The number of halogens is 4. The van der Waals surface area contributed by atoms with Crippen LogP contribution in [0, 0.1) is 0 Å². The van der Waals surface area contributed by atoms with E-state index in [0.29, 0.717) is 12.8 Å². The maximum absolute atomic E-state index is 12.9. The van der Waals surface area contributed by atoms with E-state index in [1.165, 1.54) is 0 Å². The van der Waals surface area contributed by atoms with Crippen molar-refractivity contribution < 1.29 is 38.1 Å². The molecule has 2 atom stereocenters. The molecule has 0 aromatic heterocycles. The van der Waals surface area contributed by atoms with Crippen LogP contribution < -0.4 is 26.6 Å². The van der Waals surface area contributed by atoms with Gasteiger partial charge < -0.3 is 45.5 Å². The second-order valence-electron chi connectivity index (χ2n) is 16.5. The molecule has 14 nitrogen and oxygen atoms in total. The van der Waals surface area contributed by atoms with Gasteiger partial charge in [0, 0.05) is 91.4 Å². The van der Waals surface area contributed by atoms with Crippen molar-refractivity contribution in [2.75, 3.05) is 78.5 Å². The largest absolute Gasteiger partial charge is 0.461 e. The van der Waals surface area contributed by atoms with Gasteiger partial charge in [-0.25, -0.2) is 0 Å². The van der Waals surface area contributed by atoms with E-state index in [9.17, 15) is 19.2 Å². The lowest BCUT2D eigenvalue weighted by Gasteiger charge is -2.32. The van der Waals surface area contributed by atoms with Gasteiger partial charge in [-0.2, -0.15) is 0 Å². The standard InChI is InChI=1S/C22H35N3O4.C16H21BrO4.C6H15N3.CHCl3/c1-22(2,3)29-21(27)19(25-15-13-23-11-12-24-14-16-25)9-10-20(26)28-17-18-7-5-4-6-8-18;1-16(2,3)21-15(19)13(17)9-10-14(18)20-11-12-7-5-4-6-8-12;1-2-8-5-6-9-4-3-7-1;2-1(3)4/h4-8,19,23-24H,9-17H2,1-3H3;4-8,13H,9-11H2,1-3H3;7-9H,1-6H2;1H. The molecule has 2 saturated heterocycles. The van der Waals surface area contributed by atoms with Crippen molar-refractivity contribution in [3.63, 3.8) is 0 Å². The number of esters is 4. The second-order valence-corrected chi connectivity index (χ2v) is 19.5. The Morgan fingerprint density at radius 3 is 1.27 bits per heavy atom. The zero-order valence-electron chi connectivity index (χ0n) is 38.0. The minimum absolute atomic E-state index is 0.169. The topological polar surface area (TPSA) is 169 Å². The van der Waals surface area contributed by atoms with Gasteiger partial charge in [0.2, 0.25) is 0 Å². The number of rotatable bonds is 13. The third-order valence-electron chi connectivity index (χ3n) is 8.56. The first-order chi connectivity index (χ1) is 29.9. The quantitative estimate of drug-likeness (QED) is 0.0889. The summed E-state index contributed by atoms with van der Waals surface area (Å²) in [6.45, 7) is 22.9. The van der Waals surface area contributed by atoms with Gasteiger partial charge in [-0.15, -0.1) is 0 Å². The minimum Gasteiger partial charge on any atom is -0.461 e. The third kappa shape index (κ3) is 34.5. The Hall–Kier alpha value is -2.57. The van der Waals surface area contributed by atoms with Crippen LogP contribution in [0.4, 0.5) is 0 Å². The molecule has 0 aliphatic carbocycles. The Labute approximate surface area is 399 Å². The van der Waals surface area contributed by atoms with E-state index in [4.69, 9.17) is 53.8 Å². The molecule has 0 saturated carbocycles. The molecule has 358 valence electrons. The van der Waals surface area contributed by atoms with Crippen molar-refractivity contribution in [3.05, 3.63) is 71.8 Å². The Bertz CT molecular complexity index is 1480. The Morgan fingerprint density at radius 1 is 0.571 bits per heavy atom. The number of hydrogen-bond donors (Lipinski definition) is 5. The molecule has 18 heteroatoms. The van der Waals surface area contributed by atoms with E-state index in [0.717, 1.165) is 89.7 Å². The Balaban J connectivity index is 0.000000504. The summed E-state index contributed by atoms with van der Waals surface area (Å²) in [7, 11) is 0. The highest BCUT2D eigenvalue weighted by molar-refractivity contribution is 9.10. The lowest BCUT2D eigenvalue weighted by Crippen LogP contribution is -2.48. The van der Waals surface area contributed by atoms with Crippen LogP contribution in [0.3, 0.4) is 0 Å². The summed E-state index contributed by atoms with van der Waals surface area (Å²) in [5.41, 5.74) is 0.783.